The van der Waals surface area contributed by atoms with Crippen LogP contribution in [-0.4, -0.2) is 95.4 Å². The molecule has 2 heterocycles. The number of hydrogen-bond acceptors (Lipinski definition) is 11. The van der Waals surface area contributed by atoms with E-state index in [1.54, 1.807) is 76.2 Å². The third-order valence-corrected chi connectivity index (χ3v) is 11.3. The summed E-state index contributed by atoms with van der Waals surface area (Å²) in [6.45, 7) is 6.63. The molecule has 10 N–H and O–H groups in total. The molecule has 2 aliphatic heterocycles. The predicted octanol–water partition coefficient (Wildman–Crippen LogP) is 0.387. The van der Waals surface area contributed by atoms with Crippen molar-refractivity contribution in [3.63, 3.8) is 0 Å². The summed E-state index contributed by atoms with van der Waals surface area (Å²) in [6.07, 6.45) is 0. The Bertz CT molecular complexity index is 1580. The predicted molar refractivity (Wildman–Crippen MR) is 182 cm³/mol. The number of thioether (sulfide) groups is 2. The van der Waals surface area contributed by atoms with Crippen molar-refractivity contribution < 1.29 is 44.1 Å². The van der Waals surface area contributed by atoms with E-state index in [2.05, 4.69) is 26.6 Å². The Morgan fingerprint density at radius 3 is 1.51 bits per heavy atom. The van der Waals surface area contributed by atoms with Gasteiger partial charge in [0, 0.05) is 9.49 Å². The highest BCUT2D eigenvalue weighted by atomic mass is 32.2. The van der Waals surface area contributed by atoms with Gasteiger partial charge in [-0.3, -0.25) is 34.6 Å². The summed E-state index contributed by atoms with van der Waals surface area (Å²) < 4.78 is -1.83. The van der Waals surface area contributed by atoms with E-state index in [1.807, 2.05) is 0 Å². The monoisotopic (exact) mass is 716 g/mol. The number of hydrogen-bond donors (Lipinski definition) is 9. The average Bonchev–Trinajstić information content (AvgIpc) is 3.55. The number of carboxylic acids is 3. The number of carbonyl (C=O) groups excluding carboxylic acids is 3. The summed E-state index contributed by atoms with van der Waals surface area (Å²) in [5.41, 5.74) is 6.95. The van der Waals surface area contributed by atoms with Crippen LogP contribution >= 0.6 is 23.5 Å². The first kappa shape index (κ1) is 37.7. The average molecular weight is 717 g/mol. The van der Waals surface area contributed by atoms with Crippen molar-refractivity contribution >= 4 is 59.2 Å². The van der Waals surface area contributed by atoms with Crippen LogP contribution < -0.4 is 32.3 Å². The maximum atomic E-state index is 14.1. The van der Waals surface area contributed by atoms with Gasteiger partial charge < -0.3 is 37.0 Å². The molecule has 17 heteroatoms. The summed E-state index contributed by atoms with van der Waals surface area (Å²) in [5.74, 6) is -6.33. The van der Waals surface area contributed by atoms with E-state index in [-0.39, 0.29) is 5.56 Å². The summed E-state index contributed by atoms with van der Waals surface area (Å²) in [4.78, 5) is 77.7. The molecule has 0 radical (unpaired) electrons. The lowest BCUT2D eigenvalue weighted by atomic mass is 10.0. The van der Waals surface area contributed by atoms with Crippen LogP contribution in [0.4, 0.5) is 0 Å². The van der Waals surface area contributed by atoms with E-state index < -0.39 is 92.1 Å². The number of carbonyl (C=O) groups is 6. The zero-order valence-corrected chi connectivity index (χ0v) is 28.7. The van der Waals surface area contributed by atoms with E-state index in [9.17, 15) is 44.1 Å². The molecule has 0 aliphatic carbocycles. The molecule has 15 nitrogen and oxygen atoms in total. The van der Waals surface area contributed by atoms with Gasteiger partial charge in [-0.15, -0.1) is 23.5 Å². The molecule has 264 valence electrons. The zero-order valence-electron chi connectivity index (χ0n) is 27.1. The molecule has 0 spiro atoms. The largest absolute Gasteiger partial charge is 0.480 e. The van der Waals surface area contributed by atoms with Crippen LogP contribution in [0.15, 0.2) is 60.7 Å². The van der Waals surface area contributed by atoms with Crippen molar-refractivity contribution in [3.05, 3.63) is 71.8 Å². The molecule has 0 bridgehead atoms. The fourth-order valence-electron chi connectivity index (χ4n) is 5.67. The molecule has 2 aromatic rings. The SMILES string of the molecule is CC1(C)SC(C(NC(=O)[C@H](NC(=O)C(NC(=O)[C@H](N)c2ccccc2)C2NC(C(=O)O)C(C)(C)S2)c2ccccc2)C(=O)O)NC1C(=O)O. The maximum absolute atomic E-state index is 14.1. The van der Waals surface area contributed by atoms with E-state index >= 15 is 0 Å². The molecule has 2 saturated heterocycles. The first-order chi connectivity index (χ1) is 22.9. The normalized spacial score (nSPS) is 24.8. The second-order valence-electron chi connectivity index (χ2n) is 12.7. The lowest BCUT2D eigenvalue weighted by Gasteiger charge is -2.29. The third kappa shape index (κ3) is 8.72. The maximum Gasteiger partial charge on any atom is 0.328 e. The van der Waals surface area contributed by atoms with Gasteiger partial charge in [0.05, 0.1) is 10.7 Å². The van der Waals surface area contributed by atoms with Gasteiger partial charge in [-0.1, -0.05) is 60.7 Å². The number of amides is 3. The van der Waals surface area contributed by atoms with Gasteiger partial charge in [-0.05, 0) is 38.8 Å². The van der Waals surface area contributed by atoms with Crippen LogP contribution in [-0.2, 0) is 28.8 Å². The zero-order chi connectivity index (χ0) is 36.3. The van der Waals surface area contributed by atoms with Gasteiger partial charge in [0.25, 0.3) is 0 Å². The van der Waals surface area contributed by atoms with Crippen LogP contribution in [0.2, 0.25) is 0 Å². The van der Waals surface area contributed by atoms with Gasteiger partial charge in [-0.2, -0.15) is 0 Å². The van der Waals surface area contributed by atoms with Gasteiger partial charge in [0.15, 0.2) is 6.04 Å². The molecule has 49 heavy (non-hydrogen) atoms. The first-order valence-electron chi connectivity index (χ1n) is 15.3. The van der Waals surface area contributed by atoms with Crippen molar-refractivity contribution in [1.82, 2.24) is 26.6 Å². The molecule has 2 aliphatic rings. The third-order valence-electron chi connectivity index (χ3n) is 8.28. The summed E-state index contributed by atoms with van der Waals surface area (Å²) >= 11 is 2.15. The van der Waals surface area contributed by atoms with Crippen LogP contribution in [0, 0.1) is 0 Å². The minimum absolute atomic E-state index is 0.273. The lowest BCUT2D eigenvalue weighted by Crippen LogP contribution is -2.60. The Labute approximate surface area is 290 Å². The summed E-state index contributed by atoms with van der Waals surface area (Å²) in [6, 6.07) is 8.44. The van der Waals surface area contributed by atoms with Crippen molar-refractivity contribution in [1.29, 1.82) is 0 Å². The Kier molecular flexibility index (Phi) is 11.7. The Morgan fingerprint density at radius 1 is 0.653 bits per heavy atom. The Balaban J connectivity index is 1.64. The molecule has 2 aromatic carbocycles. The minimum atomic E-state index is -1.60. The summed E-state index contributed by atoms with van der Waals surface area (Å²) in [7, 11) is 0. The highest BCUT2D eigenvalue weighted by Crippen LogP contribution is 2.40. The minimum Gasteiger partial charge on any atom is -0.480 e. The summed E-state index contributed by atoms with van der Waals surface area (Å²) in [5, 5.41) is 40.9. The molecule has 2 fully saturated rings. The number of nitrogens with two attached hydrogens (primary N) is 1. The van der Waals surface area contributed by atoms with Crippen LogP contribution in [0.5, 0.6) is 0 Å². The van der Waals surface area contributed by atoms with Crippen LogP contribution in [0.25, 0.3) is 0 Å². The second-order valence-corrected chi connectivity index (χ2v) is 16.3. The fourth-order valence-corrected chi connectivity index (χ4v) is 8.64. The van der Waals surface area contributed by atoms with Crippen molar-refractivity contribution in [2.75, 3.05) is 0 Å². The van der Waals surface area contributed by atoms with Crippen LogP contribution in [0.3, 0.4) is 0 Å². The first-order valence-corrected chi connectivity index (χ1v) is 17.0. The van der Waals surface area contributed by atoms with E-state index in [4.69, 9.17) is 5.73 Å². The quantitative estimate of drug-likeness (QED) is 0.136. The molecule has 6 unspecified atom stereocenters. The smallest absolute Gasteiger partial charge is 0.328 e. The van der Waals surface area contributed by atoms with Crippen molar-refractivity contribution in [3.8, 4) is 0 Å². The number of carboxylic acid groups (broad SMARTS) is 3. The van der Waals surface area contributed by atoms with Crippen LogP contribution in [0.1, 0.15) is 50.9 Å². The standard InChI is InChI=1S/C32H40N6O9S2/c1-31(2)21(29(44)45)37-26(48-31)19(35-23(39)17(33)15-11-7-5-8-12-15)25(41)34-18(16-13-9-6-10-14-16)24(40)36-20(28(42)43)27-38-22(30(46)47)32(3,4)49-27/h5-14,17-22,26-27,37-38H,33H2,1-4H3,(H,34,41)(H,35,39)(H,36,40)(H,42,43)(H,44,45)(H,46,47)/t17-,18-,19?,20?,21?,22?,26?,27?/m1/s1. The van der Waals surface area contributed by atoms with Crippen molar-refractivity contribution in [2.45, 2.75) is 84.2 Å². The molecule has 0 aromatic heterocycles. The van der Waals surface area contributed by atoms with Gasteiger partial charge in [0.2, 0.25) is 17.7 Å². The number of aliphatic carboxylic acids is 3. The second kappa shape index (κ2) is 15.2. The topological polar surface area (TPSA) is 249 Å². The molecular formula is C32H40N6O9S2. The highest BCUT2D eigenvalue weighted by Gasteiger charge is 2.51. The highest BCUT2D eigenvalue weighted by molar-refractivity contribution is 8.01. The Morgan fingerprint density at radius 2 is 1.08 bits per heavy atom. The van der Waals surface area contributed by atoms with E-state index in [1.165, 1.54) is 12.1 Å². The molecule has 8 atom stereocenters. The van der Waals surface area contributed by atoms with Gasteiger partial charge in [-0.25, -0.2) is 4.79 Å². The molecular weight excluding hydrogens is 677 g/mol. The van der Waals surface area contributed by atoms with Gasteiger partial charge >= 0.3 is 17.9 Å². The van der Waals surface area contributed by atoms with E-state index in [0.717, 1.165) is 23.5 Å². The fraction of sp³-hybridized carbons (Fsp3) is 0.438. The van der Waals surface area contributed by atoms with Gasteiger partial charge in [0.1, 0.15) is 30.2 Å². The number of benzene rings is 2. The number of nitrogens with one attached hydrogen (secondary N) is 5. The lowest BCUT2D eigenvalue weighted by molar-refractivity contribution is -0.143. The van der Waals surface area contributed by atoms with Crippen molar-refractivity contribution in [2.24, 2.45) is 5.73 Å². The molecule has 4 rings (SSSR count). The van der Waals surface area contributed by atoms with E-state index in [0.29, 0.717) is 5.56 Å². The Hall–Kier alpha value is -4.16. The number of rotatable bonds is 13. The molecule has 3 amide bonds. The molecule has 0 saturated carbocycles.